The van der Waals surface area contributed by atoms with E-state index in [1.807, 2.05) is 49.5 Å². The Hall–Kier alpha value is -2.56. The highest BCUT2D eigenvalue weighted by atomic mass is 127. The summed E-state index contributed by atoms with van der Waals surface area (Å²) in [5.41, 5.74) is 1.03. The number of benzene rings is 1. The van der Waals surface area contributed by atoms with E-state index < -0.39 is 0 Å². The number of halogens is 1. The molecule has 9 heteroatoms. The summed E-state index contributed by atoms with van der Waals surface area (Å²) in [6.07, 6.45) is 3.91. The number of nitrogens with zero attached hydrogens (tertiary/aromatic N) is 3. The molecule has 1 aliphatic heterocycles. The van der Waals surface area contributed by atoms with Crippen molar-refractivity contribution in [3.63, 3.8) is 0 Å². The minimum absolute atomic E-state index is 0. The second-order valence-electron chi connectivity index (χ2n) is 7.68. The maximum absolute atomic E-state index is 11.6. The van der Waals surface area contributed by atoms with Gasteiger partial charge in [0, 0.05) is 38.4 Å². The average Bonchev–Trinajstić information content (AvgIpc) is 2.83. The number of hydrogen-bond donors (Lipinski definition) is 3. The highest BCUT2D eigenvalue weighted by Crippen LogP contribution is 2.17. The van der Waals surface area contributed by atoms with Gasteiger partial charge in [0.2, 0.25) is 0 Å². The number of aliphatic imine (C=N–C) groups is 1. The third kappa shape index (κ3) is 9.07. The first-order valence-corrected chi connectivity index (χ1v) is 11.4. The topological polar surface area (TPSA) is 90.9 Å². The van der Waals surface area contributed by atoms with E-state index in [1.165, 1.54) is 0 Å². The van der Waals surface area contributed by atoms with E-state index in [4.69, 9.17) is 9.73 Å². The highest BCUT2D eigenvalue weighted by Gasteiger charge is 2.20. The summed E-state index contributed by atoms with van der Waals surface area (Å²) < 4.78 is 5.58. The molecule has 1 fully saturated rings. The number of likely N-dealkylation sites (N-methyl/N-ethyl adjacent to an activating group) is 1. The first kappa shape index (κ1) is 26.7. The van der Waals surface area contributed by atoms with Gasteiger partial charge in [-0.15, -0.1) is 24.0 Å². The summed E-state index contributed by atoms with van der Waals surface area (Å²) in [6, 6.07) is 14.1. The quantitative estimate of drug-likeness (QED) is 0.246. The molecule has 0 unspecified atom stereocenters. The molecule has 0 saturated carbocycles. The van der Waals surface area contributed by atoms with Crippen molar-refractivity contribution in [3.05, 3.63) is 54.2 Å². The van der Waals surface area contributed by atoms with Crippen LogP contribution in [0.25, 0.3) is 0 Å². The summed E-state index contributed by atoms with van der Waals surface area (Å²) in [7, 11) is 0. The van der Waals surface area contributed by atoms with Crippen molar-refractivity contribution in [2.45, 2.75) is 39.3 Å². The molecule has 0 aliphatic carbocycles. The van der Waals surface area contributed by atoms with Crippen LogP contribution < -0.4 is 25.6 Å². The van der Waals surface area contributed by atoms with Gasteiger partial charge in [0.1, 0.15) is 11.6 Å². The summed E-state index contributed by atoms with van der Waals surface area (Å²) in [5, 5.41) is 9.64. The normalized spacial score (nSPS) is 14.2. The van der Waals surface area contributed by atoms with Crippen molar-refractivity contribution in [1.29, 1.82) is 0 Å². The molecule has 1 aromatic carbocycles. The number of ether oxygens (including phenoxy) is 1. The SMILES string of the molecule is CCNC(=O)COc1cccc(CN=C(NCC)NC2CCN(c3ccccn3)CC2)c1.I. The van der Waals surface area contributed by atoms with E-state index in [9.17, 15) is 4.79 Å². The van der Waals surface area contributed by atoms with E-state index in [0.29, 0.717) is 24.9 Å². The number of amides is 1. The first-order chi connectivity index (χ1) is 15.7. The van der Waals surface area contributed by atoms with Gasteiger partial charge in [-0.1, -0.05) is 18.2 Å². The van der Waals surface area contributed by atoms with Crippen LogP contribution >= 0.6 is 24.0 Å². The Kier molecular flexibility index (Phi) is 11.8. The minimum atomic E-state index is -0.122. The fourth-order valence-corrected chi connectivity index (χ4v) is 3.61. The predicted molar refractivity (Wildman–Crippen MR) is 143 cm³/mol. The van der Waals surface area contributed by atoms with Crippen molar-refractivity contribution < 1.29 is 9.53 Å². The molecule has 2 heterocycles. The zero-order valence-electron chi connectivity index (χ0n) is 19.4. The monoisotopic (exact) mass is 566 g/mol. The van der Waals surface area contributed by atoms with Crippen LogP contribution in [-0.4, -0.2) is 55.7 Å². The molecule has 3 N–H and O–H groups in total. The second kappa shape index (κ2) is 14.6. The summed E-state index contributed by atoms with van der Waals surface area (Å²) in [6.45, 7) is 7.83. The van der Waals surface area contributed by atoms with Gasteiger partial charge in [0.05, 0.1) is 6.54 Å². The van der Waals surface area contributed by atoms with Crippen LogP contribution in [0.15, 0.2) is 53.7 Å². The fourth-order valence-electron chi connectivity index (χ4n) is 3.61. The Morgan fingerprint density at radius 1 is 1.12 bits per heavy atom. The number of nitrogens with one attached hydrogen (secondary N) is 3. The maximum Gasteiger partial charge on any atom is 0.257 e. The lowest BCUT2D eigenvalue weighted by Crippen LogP contribution is -2.48. The maximum atomic E-state index is 11.6. The van der Waals surface area contributed by atoms with Crippen LogP contribution in [0.1, 0.15) is 32.3 Å². The Morgan fingerprint density at radius 3 is 2.61 bits per heavy atom. The van der Waals surface area contributed by atoms with Gasteiger partial charge in [0.25, 0.3) is 5.91 Å². The van der Waals surface area contributed by atoms with Crippen molar-refractivity contribution in [1.82, 2.24) is 20.9 Å². The molecule has 0 spiro atoms. The van der Waals surface area contributed by atoms with Gasteiger partial charge in [-0.25, -0.2) is 9.98 Å². The number of rotatable bonds is 9. The van der Waals surface area contributed by atoms with Crippen LogP contribution in [0, 0.1) is 0 Å². The largest absolute Gasteiger partial charge is 0.484 e. The molecule has 33 heavy (non-hydrogen) atoms. The Balaban J connectivity index is 0.00000385. The van der Waals surface area contributed by atoms with Crippen molar-refractivity contribution in [2.24, 2.45) is 4.99 Å². The van der Waals surface area contributed by atoms with Gasteiger partial charge >= 0.3 is 0 Å². The first-order valence-electron chi connectivity index (χ1n) is 11.4. The van der Waals surface area contributed by atoms with Gasteiger partial charge < -0.3 is 25.6 Å². The number of pyridine rings is 1. The van der Waals surface area contributed by atoms with Crippen molar-refractivity contribution in [2.75, 3.05) is 37.7 Å². The molecule has 180 valence electrons. The number of aromatic nitrogens is 1. The Bertz CT molecular complexity index is 872. The number of guanidine groups is 1. The number of carbonyl (C=O) groups excluding carboxylic acids is 1. The standard InChI is InChI=1S/C24H34N6O2.HI/c1-3-25-23(31)18-32-21-9-7-8-19(16-21)17-28-24(26-4-2)29-20-11-14-30(15-12-20)22-10-5-6-13-27-22;/h5-10,13,16,20H,3-4,11-12,14-15,17-18H2,1-2H3,(H,25,31)(H2,26,28,29);1H. The molecule has 1 aliphatic rings. The third-order valence-electron chi connectivity index (χ3n) is 5.22. The Labute approximate surface area is 213 Å². The molecule has 0 radical (unpaired) electrons. The van der Waals surface area contributed by atoms with Crippen molar-refractivity contribution in [3.8, 4) is 5.75 Å². The van der Waals surface area contributed by atoms with Crippen LogP contribution in [-0.2, 0) is 11.3 Å². The minimum Gasteiger partial charge on any atom is -0.484 e. The van der Waals surface area contributed by atoms with E-state index in [-0.39, 0.29) is 36.5 Å². The molecule has 8 nitrogen and oxygen atoms in total. The van der Waals surface area contributed by atoms with Gasteiger partial charge in [-0.3, -0.25) is 4.79 Å². The summed E-state index contributed by atoms with van der Waals surface area (Å²) in [4.78, 5) is 23.1. The van der Waals surface area contributed by atoms with Crippen LogP contribution in [0.2, 0.25) is 0 Å². The lowest BCUT2D eigenvalue weighted by atomic mass is 10.1. The molecular formula is C24H35IN6O2. The molecule has 1 saturated heterocycles. The predicted octanol–water partition coefficient (Wildman–Crippen LogP) is 2.94. The molecule has 3 rings (SSSR count). The zero-order chi connectivity index (χ0) is 22.6. The van der Waals surface area contributed by atoms with Gasteiger partial charge in [-0.05, 0) is 56.5 Å². The molecular weight excluding hydrogens is 531 g/mol. The van der Waals surface area contributed by atoms with Crippen LogP contribution in [0.3, 0.4) is 0 Å². The van der Waals surface area contributed by atoms with E-state index in [1.54, 1.807) is 0 Å². The lowest BCUT2D eigenvalue weighted by Gasteiger charge is -2.33. The second-order valence-corrected chi connectivity index (χ2v) is 7.68. The fraction of sp³-hybridized carbons (Fsp3) is 0.458. The smallest absolute Gasteiger partial charge is 0.257 e. The number of hydrogen-bond acceptors (Lipinski definition) is 5. The number of piperidine rings is 1. The van der Waals surface area contributed by atoms with Crippen molar-refractivity contribution >= 4 is 41.7 Å². The van der Waals surface area contributed by atoms with Crippen LogP contribution in [0.4, 0.5) is 5.82 Å². The van der Waals surface area contributed by atoms with Gasteiger partial charge in [0.15, 0.2) is 12.6 Å². The molecule has 1 aromatic heterocycles. The molecule has 0 bridgehead atoms. The van der Waals surface area contributed by atoms with E-state index in [0.717, 1.165) is 49.8 Å². The van der Waals surface area contributed by atoms with Gasteiger partial charge in [-0.2, -0.15) is 0 Å². The number of anilines is 1. The molecule has 2 aromatic rings. The van der Waals surface area contributed by atoms with E-state index in [2.05, 4.69) is 38.8 Å². The molecule has 1 amide bonds. The lowest BCUT2D eigenvalue weighted by molar-refractivity contribution is -0.122. The Morgan fingerprint density at radius 2 is 1.91 bits per heavy atom. The average molecular weight is 566 g/mol. The van der Waals surface area contributed by atoms with Crippen LogP contribution in [0.5, 0.6) is 5.75 Å². The number of carbonyl (C=O) groups is 1. The summed E-state index contributed by atoms with van der Waals surface area (Å²) >= 11 is 0. The zero-order valence-corrected chi connectivity index (χ0v) is 21.7. The highest BCUT2D eigenvalue weighted by molar-refractivity contribution is 14.0. The third-order valence-corrected chi connectivity index (χ3v) is 5.22. The summed E-state index contributed by atoms with van der Waals surface area (Å²) in [5.74, 6) is 2.41. The molecule has 0 atom stereocenters. The van der Waals surface area contributed by atoms with E-state index >= 15 is 0 Å².